The number of hydrogen-bond donors (Lipinski definition) is 2. The van der Waals surface area contributed by atoms with Gasteiger partial charge in [-0.3, -0.25) is 9.59 Å². The van der Waals surface area contributed by atoms with Crippen LogP contribution in [0.25, 0.3) is 0 Å². The van der Waals surface area contributed by atoms with Gasteiger partial charge in [0.1, 0.15) is 5.78 Å². The second-order valence-electron chi connectivity index (χ2n) is 7.85. The van der Waals surface area contributed by atoms with Crippen LogP contribution in [0.4, 0.5) is 0 Å². The standard InChI is InChI=1S/C25H26N4O2/c26-14-20-8-4-18(5-9-20)2-1-3-24(30)22-16-28-17-23(22)25(31)29-13-12-19-6-10-21(15-27)11-7-19/h4-11,22-23,28H,1-3,12-13,16-17H2,(H,29,31)/t22-,23-/m1/s1. The first-order chi connectivity index (χ1) is 15.1. The Kier molecular flexibility index (Phi) is 7.92. The van der Waals surface area contributed by atoms with Crippen molar-refractivity contribution in [3.8, 4) is 12.1 Å². The van der Waals surface area contributed by atoms with Crippen LogP contribution in [0.2, 0.25) is 0 Å². The molecule has 2 aromatic rings. The molecule has 0 radical (unpaired) electrons. The van der Waals surface area contributed by atoms with E-state index in [2.05, 4.69) is 22.8 Å². The summed E-state index contributed by atoms with van der Waals surface area (Å²) in [4.78, 5) is 25.4. The first-order valence-electron chi connectivity index (χ1n) is 10.6. The highest BCUT2D eigenvalue weighted by atomic mass is 16.2. The molecule has 1 fully saturated rings. The number of benzene rings is 2. The van der Waals surface area contributed by atoms with Gasteiger partial charge in [-0.25, -0.2) is 0 Å². The first-order valence-corrected chi connectivity index (χ1v) is 10.6. The van der Waals surface area contributed by atoms with Crippen LogP contribution in [0.3, 0.4) is 0 Å². The fourth-order valence-electron chi connectivity index (χ4n) is 3.90. The van der Waals surface area contributed by atoms with E-state index in [1.54, 1.807) is 24.3 Å². The first kappa shape index (κ1) is 22.2. The average Bonchev–Trinajstić information content (AvgIpc) is 3.30. The molecule has 1 saturated heterocycles. The van der Waals surface area contributed by atoms with Crippen molar-refractivity contribution < 1.29 is 9.59 Å². The normalized spacial score (nSPS) is 17.5. The Morgan fingerprint density at radius 1 is 0.871 bits per heavy atom. The van der Waals surface area contributed by atoms with Gasteiger partial charge < -0.3 is 10.6 Å². The van der Waals surface area contributed by atoms with Crippen LogP contribution in [-0.2, 0) is 22.4 Å². The number of aryl methyl sites for hydroxylation is 1. The molecule has 2 aromatic carbocycles. The Hall–Kier alpha value is -3.48. The molecular formula is C25H26N4O2. The molecule has 3 rings (SSSR count). The van der Waals surface area contributed by atoms with Crippen molar-refractivity contribution in [2.45, 2.75) is 25.7 Å². The zero-order valence-electron chi connectivity index (χ0n) is 17.4. The van der Waals surface area contributed by atoms with Crippen LogP contribution in [0.1, 0.15) is 35.1 Å². The molecule has 1 amide bonds. The number of nitriles is 2. The van der Waals surface area contributed by atoms with E-state index in [4.69, 9.17) is 10.5 Å². The van der Waals surface area contributed by atoms with Crippen LogP contribution < -0.4 is 10.6 Å². The molecule has 0 spiro atoms. The third-order valence-corrected chi connectivity index (χ3v) is 5.73. The summed E-state index contributed by atoms with van der Waals surface area (Å²) in [7, 11) is 0. The van der Waals surface area contributed by atoms with Crippen molar-refractivity contribution >= 4 is 11.7 Å². The average molecular weight is 415 g/mol. The summed E-state index contributed by atoms with van der Waals surface area (Å²) in [5, 5.41) is 23.8. The minimum Gasteiger partial charge on any atom is -0.355 e. The topological polar surface area (TPSA) is 106 Å². The van der Waals surface area contributed by atoms with Crippen LogP contribution in [0.15, 0.2) is 48.5 Å². The molecule has 0 saturated carbocycles. The number of nitrogens with one attached hydrogen (secondary N) is 2. The van der Waals surface area contributed by atoms with E-state index >= 15 is 0 Å². The highest BCUT2D eigenvalue weighted by molar-refractivity contribution is 5.89. The van der Waals surface area contributed by atoms with Gasteiger partial charge in [-0.05, 0) is 54.7 Å². The molecule has 6 nitrogen and oxygen atoms in total. The smallest absolute Gasteiger partial charge is 0.225 e. The molecule has 0 unspecified atom stereocenters. The van der Waals surface area contributed by atoms with Crippen LogP contribution in [-0.4, -0.2) is 31.3 Å². The van der Waals surface area contributed by atoms with Crippen LogP contribution in [0, 0.1) is 34.5 Å². The number of carbonyl (C=O) groups excluding carboxylic acids is 2. The van der Waals surface area contributed by atoms with E-state index in [0.717, 1.165) is 24.0 Å². The lowest BCUT2D eigenvalue weighted by atomic mass is 9.88. The Morgan fingerprint density at radius 3 is 2.00 bits per heavy atom. The van der Waals surface area contributed by atoms with Crippen molar-refractivity contribution in [2.75, 3.05) is 19.6 Å². The van der Waals surface area contributed by atoms with Gasteiger partial charge in [0.05, 0.1) is 29.2 Å². The largest absolute Gasteiger partial charge is 0.355 e. The fourth-order valence-corrected chi connectivity index (χ4v) is 3.90. The van der Waals surface area contributed by atoms with E-state index in [1.807, 2.05) is 24.3 Å². The molecule has 1 aliphatic rings. The maximum atomic E-state index is 12.7. The van der Waals surface area contributed by atoms with Gasteiger partial charge in [0, 0.05) is 32.0 Å². The Balaban J connectivity index is 1.43. The molecule has 0 bridgehead atoms. The van der Waals surface area contributed by atoms with Gasteiger partial charge in [0.25, 0.3) is 0 Å². The monoisotopic (exact) mass is 414 g/mol. The van der Waals surface area contributed by atoms with Crippen molar-refractivity contribution in [2.24, 2.45) is 11.8 Å². The molecule has 158 valence electrons. The van der Waals surface area contributed by atoms with E-state index < -0.39 is 0 Å². The van der Waals surface area contributed by atoms with E-state index in [9.17, 15) is 9.59 Å². The molecule has 31 heavy (non-hydrogen) atoms. The predicted molar refractivity (Wildman–Crippen MR) is 117 cm³/mol. The Labute approximate surface area is 182 Å². The zero-order valence-corrected chi connectivity index (χ0v) is 17.4. The summed E-state index contributed by atoms with van der Waals surface area (Å²) < 4.78 is 0. The Morgan fingerprint density at radius 2 is 1.42 bits per heavy atom. The minimum absolute atomic E-state index is 0.0795. The number of Topliss-reactive ketones (excluding diaryl/α,β-unsaturated/α-hetero) is 1. The van der Waals surface area contributed by atoms with Crippen LogP contribution >= 0.6 is 0 Å². The third kappa shape index (κ3) is 6.25. The summed E-state index contributed by atoms with van der Waals surface area (Å²) in [6.45, 7) is 1.57. The number of rotatable bonds is 9. The molecule has 0 aliphatic carbocycles. The lowest BCUT2D eigenvalue weighted by Crippen LogP contribution is -2.38. The summed E-state index contributed by atoms with van der Waals surface area (Å²) in [6.07, 6.45) is 2.63. The maximum absolute atomic E-state index is 12.7. The quantitative estimate of drug-likeness (QED) is 0.656. The Bertz CT molecular complexity index is 903. The second kappa shape index (κ2) is 11.1. The van der Waals surface area contributed by atoms with E-state index in [1.165, 1.54) is 0 Å². The highest BCUT2D eigenvalue weighted by Gasteiger charge is 2.36. The zero-order chi connectivity index (χ0) is 22.1. The highest BCUT2D eigenvalue weighted by Crippen LogP contribution is 2.21. The summed E-state index contributed by atoms with van der Waals surface area (Å²) in [6, 6.07) is 18.9. The third-order valence-electron chi connectivity index (χ3n) is 5.73. The number of ketones is 1. The summed E-state index contributed by atoms with van der Waals surface area (Å²) in [5.74, 6) is -0.561. The number of carbonyl (C=O) groups is 2. The van der Waals surface area contributed by atoms with Crippen molar-refractivity contribution in [3.63, 3.8) is 0 Å². The predicted octanol–water partition coefficient (Wildman–Crippen LogP) is 2.52. The molecule has 0 aromatic heterocycles. The molecule has 2 atom stereocenters. The fraction of sp³-hybridized carbons (Fsp3) is 0.360. The van der Waals surface area contributed by atoms with Gasteiger partial charge in [0.2, 0.25) is 5.91 Å². The van der Waals surface area contributed by atoms with Crippen molar-refractivity contribution in [3.05, 3.63) is 70.8 Å². The molecular weight excluding hydrogens is 388 g/mol. The minimum atomic E-state index is -0.330. The number of hydrogen-bond acceptors (Lipinski definition) is 5. The molecule has 6 heteroatoms. The van der Waals surface area contributed by atoms with Crippen molar-refractivity contribution in [1.82, 2.24) is 10.6 Å². The molecule has 2 N–H and O–H groups in total. The van der Waals surface area contributed by atoms with Gasteiger partial charge >= 0.3 is 0 Å². The summed E-state index contributed by atoms with van der Waals surface area (Å²) >= 11 is 0. The number of amides is 1. The SMILES string of the molecule is N#Cc1ccc(CCCC(=O)[C@@H]2CNC[C@H]2C(=O)NCCc2ccc(C#N)cc2)cc1. The maximum Gasteiger partial charge on any atom is 0.225 e. The van der Waals surface area contributed by atoms with E-state index in [0.29, 0.717) is 43.6 Å². The second-order valence-corrected chi connectivity index (χ2v) is 7.85. The van der Waals surface area contributed by atoms with Gasteiger partial charge in [-0.15, -0.1) is 0 Å². The van der Waals surface area contributed by atoms with Gasteiger partial charge in [-0.1, -0.05) is 24.3 Å². The molecule has 1 aliphatic heterocycles. The van der Waals surface area contributed by atoms with E-state index in [-0.39, 0.29) is 23.5 Å². The summed E-state index contributed by atoms with van der Waals surface area (Å²) in [5.41, 5.74) is 3.41. The lowest BCUT2D eigenvalue weighted by molar-refractivity contribution is -0.131. The van der Waals surface area contributed by atoms with Gasteiger partial charge in [0.15, 0.2) is 0 Å². The van der Waals surface area contributed by atoms with Gasteiger partial charge in [-0.2, -0.15) is 10.5 Å². The van der Waals surface area contributed by atoms with Crippen LogP contribution in [0.5, 0.6) is 0 Å². The van der Waals surface area contributed by atoms with Crippen molar-refractivity contribution in [1.29, 1.82) is 10.5 Å². The number of nitrogens with zero attached hydrogens (tertiary/aromatic N) is 2. The lowest BCUT2D eigenvalue weighted by Gasteiger charge is -2.17. The molecule has 1 heterocycles.